The van der Waals surface area contributed by atoms with Gasteiger partial charge in [-0.15, -0.1) is 0 Å². The highest BCUT2D eigenvalue weighted by molar-refractivity contribution is 5.94. The van der Waals surface area contributed by atoms with Crippen molar-refractivity contribution in [3.8, 4) is 11.1 Å². The number of rotatable bonds is 6. The van der Waals surface area contributed by atoms with Crippen LogP contribution in [0.2, 0.25) is 0 Å². The van der Waals surface area contributed by atoms with Gasteiger partial charge in [-0.2, -0.15) is 5.48 Å². The molecule has 8 nitrogen and oxygen atoms in total. The van der Waals surface area contributed by atoms with E-state index in [-0.39, 0.29) is 18.4 Å². The first-order valence-electron chi connectivity index (χ1n) is 10.1. The molecule has 0 aliphatic carbocycles. The van der Waals surface area contributed by atoms with E-state index >= 15 is 0 Å². The van der Waals surface area contributed by atoms with Gasteiger partial charge in [-0.05, 0) is 40.8 Å². The number of nitrogens with one attached hydrogen (secondary N) is 2. The number of aliphatic hydroxyl groups is 1. The van der Waals surface area contributed by atoms with Crippen molar-refractivity contribution in [1.29, 1.82) is 0 Å². The third-order valence-electron chi connectivity index (χ3n) is 4.43. The van der Waals surface area contributed by atoms with E-state index in [9.17, 15) is 14.7 Å². The molecular weight excluding hydrogens is 408 g/mol. The average Bonchev–Trinajstić information content (AvgIpc) is 2.77. The van der Waals surface area contributed by atoms with Crippen molar-refractivity contribution < 1.29 is 19.5 Å². The van der Waals surface area contributed by atoms with Crippen molar-refractivity contribution in [2.24, 2.45) is 5.41 Å². The van der Waals surface area contributed by atoms with Crippen molar-refractivity contribution in [2.45, 2.75) is 33.8 Å². The Morgan fingerprint density at radius 3 is 2.31 bits per heavy atom. The van der Waals surface area contributed by atoms with Crippen LogP contribution < -0.4 is 10.8 Å². The molecule has 3 N–H and O–H groups in total. The Labute approximate surface area is 186 Å². The first-order valence-corrected chi connectivity index (χ1v) is 10.1. The lowest BCUT2D eigenvalue weighted by Crippen LogP contribution is -2.28. The van der Waals surface area contributed by atoms with E-state index in [0.717, 1.165) is 22.4 Å². The van der Waals surface area contributed by atoms with Gasteiger partial charge in [0.15, 0.2) is 0 Å². The van der Waals surface area contributed by atoms with E-state index in [2.05, 4.69) is 20.8 Å². The van der Waals surface area contributed by atoms with Gasteiger partial charge in [0.1, 0.15) is 0 Å². The van der Waals surface area contributed by atoms with Crippen molar-refractivity contribution in [3.63, 3.8) is 0 Å². The third-order valence-corrected chi connectivity index (χ3v) is 4.43. The van der Waals surface area contributed by atoms with Crippen LogP contribution in [0.4, 0.5) is 11.6 Å². The van der Waals surface area contributed by atoms with Gasteiger partial charge < -0.3 is 15.3 Å². The molecule has 3 rings (SSSR count). The Hall–Kier alpha value is -3.78. The minimum Gasteiger partial charge on any atom is -0.392 e. The van der Waals surface area contributed by atoms with Crippen LogP contribution in [0.1, 0.15) is 43.1 Å². The minimum absolute atomic E-state index is 0.0390. The molecule has 1 aromatic heterocycles. The number of aliphatic hydroxyl groups excluding tert-OH is 1. The van der Waals surface area contributed by atoms with Crippen LogP contribution >= 0.6 is 0 Å². The van der Waals surface area contributed by atoms with Crippen LogP contribution in [0.15, 0.2) is 60.9 Å². The Balaban J connectivity index is 1.59. The van der Waals surface area contributed by atoms with Crippen molar-refractivity contribution in [3.05, 3.63) is 72.1 Å². The lowest BCUT2D eigenvalue weighted by Gasteiger charge is -2.16. The van der Waals surface area contributed by atoms with E-state index in [1.165, 1.54) is 0 Å². The molecule has 0 spiro atoms. The fourth-order valence-corrected chi connectivity index (χ4v) is 2.86. The summed E-state index contributed by atoms with van der Waals surface area (Å²) in [5.74, 6) is -0.562. The molecule has 1 heterocycles. The highest BCUT2D eigenvalue weighted by Crippen LogP contribution is 2.21. The molecule has 1 amide bonds. The summed E-state index contributed by atoms with van der Waals surface area (Å²) in [6, 6.07) is 14.1. The summed E-state index contributed by atoms with van der Waals surface area (Å²) in [7, 11) is 0. The number of hydroxylamine groups is 1. The smallest absolute Gasteiger partial charge is 0.332 e. The van der Waals surface area contributed by atoms with Crippen LogP contribution in [0.3, 0.4) is 0 Å². The number of hydrogen-bond donors (Lipinski definition) is 3. The summed E-state index contributed by atoms with van der Waals surface area (Å²) in [5.41, 5.74) is 5.51. The van der Waals surface area contributed by atoms with E-state index in [1.54, 1.807) is 36.7 Å². The zero-order valence-corrected chi connectivity index (χ0v) is 18.3. The predicted molar refractivity (Wildman–Crippen MR) is 121 cm³/mol. The fourth-order valence-electron chi connectivity index (χ4n) is 2.86. The summed E-state index contributed by atoms with van der Waals surface area (Å²) in [6.45, 7) is 5.70. The first-order chi connectivity index (χ1) is 15.2. The lowest BCUT2D eigenvalue weighted by molar-refractivity contribution is -0.151. The van der Waals surface area contributed by atoms with Crippen molar-refractivity contribution in [2.75, 3.05) is 5.32 Å². The molecule has 0 aliphatic rings. The molecule has 0 radical (unpaired) electrons. The van der Waals surface area contributed by atoms with Gasteiger partial charge in [0.25, 0.3) is 5.91 Å². The van der Waals surface area contributed by atoms with Gasteiger partial charge in [0.2, 0.25) is 5.95 Å². The van der Waals surface area contributed by atoms with Crippen LogP contribution in [-0.4, -0.2) is 27.0 Å². The second kappa shape index (κ2) is 10.0. The summed E-state index contributed by atoms with van der Waals surface area (Å²) in [5, 5.41) is 12.3. The maximum Gasteiger partial charge on any atom is 0.332 e. The van der Waals surface area contributed by atoms with Crippen LogP contribution in [0.5, 0.6) is 0 Å². The molecule has 0 aliphatic heterocycles. The van der Waals surface area contributed by atoms with Crippen LogP contribution in [0, 0.1) is 5.41 Å². The summed E-state index contributed by atoms with van der Waals surface area (Å²) < 4.78 is 0. The molecular formula is C24H26N4O4. The second-order valence-electron chi connectivity index (χ2n) is 8.50. The van der Waals surface area contributed by atoms with E-state index in [0.29, 0.717) is 11.5 Å². The second-order valence-corrected chi connectivity index (χ2v) is 8.50. The quantitative estimate of drug-likeness (QED) is 0.503. The number of nitrogens with zero attached hydrogens (tertiary/aromatic N) is 2. The van der Waals surface area contributed by atoms with Gasteiger partial charge in [-0.25, -0.2) is 14.8 Å². The molecule has 0 bridgehead atoms. The summed E-state index contributed by atoms with van der Waals surface area (Å²) in [6.07, 6.45) is 3.55. The van der Waals surface area contributed by atoms with E-state index in [1.807, 2.05) is 45.0 Å². The minimum atomic E-state index is -0.500. The van der Waals surface area contributed by atoms with Gasteiger partial charge in [0.05, 0.1) is 13.0 Å². The molecule has 0 fully saturated rings. The highest BCUT2D eigenvalue weighted by Gasteiger charge is 2.18. The van der Waals surface area contributed by atoms with Crippen molar-refractivity contribution in [1.82, 2.24) is 15.4 Å². The number of anilines is 2. The number of carbonyl (C=O) groups is 2. The predicted octanol–water partition coefficient (Wildman–Crippen LogP) is 4.00. The molecule has 32 heavy (non-hydrogen) atoms. The third kappa shape index (κ3) is 6.61. The Morgan fingerprint density at radius 1 is 1.00 bits per heavy atom. The first kappa shape index (κ1) is 22.9. The molecule has 166 valence electrons. The highest BCUT2D eigenvalue weighted by atomic mass is 16.7. The average molecular weight is 434 g/mol. The zero-order chi connectivity index (χ0) is 23.1. The number of amides is 1. The Kier molecular flexibility index (Phi) is 7.17. The molecule has 2 aromatic carbocycles. The zero-order valence-electron chi connectivity index (χ0n) is 18.3. The van der Waals surface area contributed by atoms with Gasteiger partial charge in [-0.1, -0.05) is 45.0 Å². The molecule has 0 unspecified atom stereocenters. The molecule has 8 heteroatoms. The number of aromatic nitrogens is 2. The number of hydrogen-bond acceptors (Lipinski definition) is 7. The number of benzene rings is 2. The monoisotopic (exact) mass is 434 g/mol. The largest absolute Gasteiger partial charge is 0.392 e. The summed E-state index contributed by atoms with van der Waals surface area (Å²) in [4.78, 5) is 37.4. The Bertz CT molecular complexity index is 1070. The number of carbonyl (C=O) groups excluding carboxylic acids is 2. The molecule has 0 saturated carbocycles. The van der Waals surface area contributed by atoms with Gasteiger partial charge in [-0.3, -0.25) is 4.79 Å². The van der Waals surface area contributed by atoms with Crippen molar-refractivity contribution >= 4 is 23.5 Å². The Morgan fingerprint density at radius 2 is 1.69 bits per heavy atom. The SMILES string of the molecule is CC(C)(C)CC(=O)ONC(=O)c1ccc(-c2cnc(Nc3cccc(CO)c3)nc2)cc1. The molecule has 0 atom stereocenters. The van der Waals surface area contributed by atoms with Crippen LogP contribution in [0.25, 0.3) is 11.1 Å². The van der Waals surface area contributed by atoms with Gasteiger partial charge >= 0.3 is 5.97 Å². The maximum absolute atomic E-state index is 12.2. The standard InChI is InChI=1S/C24H26N4O4/c1-24(2,3)12-21(30)32-28-22(31)18-9-7-17(8-10-18)19-13-25-23(26-14-19)27-20-6-4-5-16(11-20)15-29/h4-11,13-14,29H,12,15H2,1-3H3,(H,28,31)(H,25,26,27). The summed E-state index contributed by atoms with van der Waals surface area (Å²) >= 11 is 0. The lowest BCUT2D eigenvalue weighted by atomic mass is 9.93. The van der Waals surface area contributed by atoms with E-state index in [4.69, 9.17) is 4.84 Å². The normalized spacial score (nSPS) is 11.0. The molecule has 0 saturated heterocycles. The fraction of sp³-hybridized carbons (Fsp3) is 0.250. The topological polar surface area (TPSA) is 113 Å². The van der Waals surface area contributed by atoms with E-state index < -0.39 is 11.9 Å². The van der Waals surface area contributed by atoms with Crippen LogP contribution in [-0.2, 0) is 16.2 Å². The molecule has 3 aromatic rings. The van der Waals surface area contributed by atoms with Gasteiger partial charge in [0, 0.05) is 29.2 Å². The maximum atomic E-state index is 12.2.